The molecule has 28 heavy (non-hydrogen) atoms. The van der Waals surface area contributed by atoms with Crippen LogP contribution in [0.1, 0.15) is 30.5 Å². The molecule has 0 aliphatic carbocycles. The van der Waals surface area contributed by atoms with Gasteiger partial charge in [0, 0.05) is 6.42 Å². The lowest BCUT2D eigenvalue weighted by atomic mass is 9.98. The van der Waals surface area contributed by atoms with Crippen LogP contribution in [-0.4, -0.2) is 55.9 Å². The van der Waals surface area contributed by atoms with Gasteiger partial charge in [-0.3, -0.25) is 9.69 Å². The summed E-state index contributed by atoms with van der Waals surface area (Å²) in [6, 6.07) is 15.5. The molecular formula is C22H27N3O3. The Morgan fingerprint density at radius 3 is 2.18 bits per heavy atom. The van der Waals surface area contributed by atoms with Crippen molar-refractivity contribution in [1.82, 2.24) is 9.91 Å². The summed E-state index contributed by atoms with van der Waals surface area (Å²) in [5.41, 5.74) is 2.94. The van der Waals surface area contributed by atoms with Crippen molar-refractivity contribution >= 4 is 11.6 Å². The molecule has 1 unspecified atom stereocenters. The zero-order chi connectivity index (χ0) is 20.1. The van der Waals surface area contributed by atoms with Crippen LogP contribution in [0.2, 0.25) is 0 Å². The SMILES string of the molecule is CCN(C)CC(=O)N1N=C(c2ccc(OC)cc2)CC1c1ccc(OC)cc1. The fourth-order valence-electron chi connectivity index (χ4n) is 3.20. The smallest absolute Gasteiger partial charge is 0.257 e. The average molecular weight is 381 g/mol. The van der Waals surface area contributed by atoms with E-state index in [-0.39, 0.29) is 11.9 Å². The molecule has 0 saturated carbocycles. The summed E-state index contributed by atoms with van der Waals surface area (Å²) in [7, 11) is 5.22. The molecule has 0 radical (unpaired) electrons. The van der Waals surface area contributed by atoms with E-state index in [4.69, 9.17) is 14.6 Å². The second-order valence-corrected chi connectivity index (χ2v) is 6.84. The molecule has 2 aromatic rings. The van der Waals surface area contributed by atoms with Crippen molar-refractivity contribution in [2.24, 2.45) is 5.10 Å². The zero-order valence-electron chi connectivity index (χ0n) is 16.9. The number of hydrogen-bond acceptors (Lipinski definition) is 5. The van der Waals surface area contributed by atoms with Crippen LogP contribution in [0.5, 0.6) is 11.5 Å². The van der Waals surface area contributed by atoms with Crippen molar-refractivity contribution in [1.29, 1.82) is 0 Å². The molecule has 0 spiro atoms. The molecule has 0 fully saturated rings. The third kappa shape index (κ3) is 4.34. The third-order valence-corrected chi connectivity index (χ3v) is 5.03. The highest BCUT2D eigenvalue weighted by Crippen LogP contribution is 2.34. The summed E-state index contributed by atoms with van der Waals surface area (Å²) < 4.78 is 10.5. The van der Waals surface area contributed by atoms with Crippen LogP contribution in [0, 0.1) is 0 Å². The molecule has 148 valence electrons. The van der Waals surface area contributed by atoms with Gasteiger partial charge in [0.2, 0.25) is 0 Å². The normalized spacial score (nSPS) is 16.2. The summed E-state index contributed by atoms with van der Waals surface area (Å²) >= 11 is 0. The van der Waals surface area contributed by atoms with Crippen molar-refractivity contribution in [3.05, 3.63) is 59.7 Å². The maximum atomic E-state index is 12.9. The molecule has 1 atom stereocenters. The van der Waals surface area contributed by atoms with E-state index in [2.05, 4.69) is 0 Å². The quantitative estimate of drug-likeness (QED) is 0.738. The Morgan fingerprint density at radius 1 is 1.07 bits per heavy atom. The monoisotopic (exact) mass is 381 g/mol. The third-order valence-electron chi connectivity index (χ3n) is 5.03. The standard InChI is InChI=1S/C22H27N3O3/c1-5-24(2)15-22(26)25-21(17-8-12-19(28-4)13-9-17)14-20(23-25)16-6-10-18(27-3)11-7-16/h6-13,21H,5,14-15H2,1-4H3. The molecule has 1 amide bonds. The van der Waals surface area contributed by atoms with E-state index >= 15 is 0 Å². The van der Waals surface area contributed by atoms with Gasteiger partial charge in [0.1, 0.15) is 11.5 Å². The van der Waals surface area contributed by atoms with E-state index in [1.54, 1.807) is 19.2 Å². The lowest BCUT2D eigenvalue weighted by Crippen LogP contribution is -2.36. The Balaban J connectivity index is 1.89. The molecule has 0 bridgehead atoms. The Kier molecular flexibility index (Phi) is 6.31. The van der Waals surface area contributed by atoms with Crippen molar-refractivity contribution in [2.75, 3.05) is 34.4 Å². The predicted molar refractivity (Wildman–Crippen MR) is 110 cm³/mol. The van der Waals surface area contributed by atoms with Crippen LogP contribution in [0.15, 0.2) is 53.6 Å². The van der Waals surface area contributed by atoms with Gasteiger partial charge in [0.25, 0.3) is 5.91 Å². The number of nitrogens with zero attached hydrogens (tertiary/aromatic N) is 3. The van der Waals surface area contributed by atoms with Crippen LogP contribution < -0.4 is 9.47 Å². The van der Waals surface area contributed by atoms with E-state index in [0.29, 0.717) is 13.0 Å². The maximum Gasteiger partial charge on any atom is 0.257 e. The highest BCUT2D eigenvalue weighted by molar-refractivity contribution is 6.03. The minimum Gasteiger partial charge on any atom is -0.497 e. The predicted octanol–water partition coefficient (Wildman–Crippen LogP) is 3.33. The van der Waals surface area contributed by atoms with Gasteiger partial charge in [-0.15, -0.1) is 0 Å². The van der Waals surface area contributed by atoms with Crippen molar-refractivity contribution in [3.8, 4) is 11.5 Å². The molecule has 0 aromatic heterocycles. The van der Waals surface area contributed by atoms with Gasteiger partial charge in [0.15, 0.2) is 0 Å². The number of ether oxygens (including phenoxy) is 2. The van der Waals surface area contributed by atoms with Crippen molar-refractivity contribution < 1.29 is 14.3 Å². The Bertz CT molecular complexity index is 831. The molecule has 2 aromatic carbocycles. The first-order valence-electron chi connectivity index (χ1n) is 9.42. The molecular weight excluding hydrogens is 354 g/mol. The lowest BCUT2D eigenvalue weighted by Gasteiger charge is -2.24. The largest absolute Gasteiger partial charge is 0.497 e. The molecule has 1 aliphatic heterocycles. The van der Waals surface area contributed by atoms with Crippen LogP contribution in [0.25, 0.3) is 0 Å². The van der Waals surface area contributed by atoms with Crippen LogP contribution in [-0.2, 0) is 4.79 Å². The number of rotatable bonds is 7. The zero-order valence-corrected chi connectivity index (χ0v) is 16.9. The van der Waals surface area contributed by atoms with E-state index in [1.165, 1.54) is 0 Å². The summed E-state index contributed by atoms with van der Waals surface area (Å²) in [4.78, 5) is 14.9. The highest BCUT2D eigenvalue weighted by atomic mass is 16.5. The average Bonchev–Trinajstić information content (AvgIpc) is 3.19. The van der Waals surface area contributed by atoms with Gasteiger partial charge < -0.3 is 9.47 Å². The first-order valence-corrected chi connectivity index (χ1v) is 9.42. The number of carbonyl (C=O) groups excluding carboxylic acids is 1. The molecule has 6 heteroatoms. The number of carbonyl (C=O) groups is 1. The summed E-state index contributed by atoms with van der Waals surface area (Å²) in [5.74, 6) is 1.59. The van der Waals surface area contributed by atoms with E-state index in [0.717, 1.165) is 34.9 Å². The van der Waals surface area contributed by atoms with Gasteiger partial charge in [0.05, 0.1) is 32.5 Å². The van der Waals surface area contributed by atoms with Crippen molar-refractivity contribution in [2.45, 2.75) is 19.4 Å². The van der Waals surface area contributed by atoms with Gasteiger partial charge in [-0.25, -0.2) is 5.01 Å². The molecule has 0 saturated heterocycles. The Morgan fingerprint density at radius 2 is 1.64 bits per heavy atom. The molecule has 3 rings (SSSR count). The molecule has 1 heterocycles. The minimum atomic E-state index is -0.124. The molecule has 0 N–H and O–H groups in total. The van der Waals surface area contributed by atoms with Crippen LogP contribution >= 0.6 is 0 Å². The minimum absolute atomic E-state index is 0.00585. The maximum absolute atomic E-state index is 12.9. The number of methoxy groups -OCH3 is 2. The number of hydrazone groups is 1. The Hall–Kier alpha value is -2.86. The van der Waals surface area contributed by atoms with E-state index < -0.39 is 0 Å². The highest BCUT2D eigenvalue weighted by Gasteiger charge is 2.33. The van der Waals surface area contributed by atoms with E-state index in [1.807, 2.05) is 67.4 Å². The van der Waals surface area contributed by atoms with Gasteiger partial charge in [-0.05, 0) is 61.1 Å². The van der Waals surface area contributed by atoms with Gasteiger partial charge >= 0.3 is 0 Å². The second-order valence-electron chi connectivity index (χ2n) is 6.84. The molecule has 1 aliphatic rings. The van der Waals surface area contributed by atoms with Gasteiger partial charge in [-0.1, -0.05) is 19.1 Å². The summed E-state index contributed by atoms with van der Waals surface area (Å²) in [5, 5.41) is 6.34. The van der Waals surface area contributed by atoms with E-state index in [9.17, 15) is 4.79 Å². The molecule has 6 nitrogen and oxygen atoms in total. The fraction of sp³-hybridized carbons (Fsp3) is 0.364. The fourth-order valence-corrected chi connectivity index (χ4v) is 3.20. The number of likely N-dealkylation sites (N-methyl/N-ethyl adjacent to an activating group) is 1. The van der Waals surface area contributed by atoms with Crippen LogP contribution in [0.4, 0.5) is 0 Å². The second kappa shape index (κ2) is 8.89. The summed E-state index contributed by atoms with van der Waals surface area (Å²) in [6.07, 6.45) is 0.667. The summed E-state index contributed by atoms with van der Waals surface area (Å²) in [6.45, 7) is 3.18. The Labute approximate surface area is 166 Å². The van der Waals surface area contributed by atoms with Crippen molar-refractivity contribution in [3.63, 3.8) is 0 Å². The first-order chi connectivity index (χ1) is 13.5. The lowest BCUT2D eigenvalue weighted by molar-refractivity contribution is -0.133. The number of benzene rings is 2. The number of amides is 1. The van der Waals surface area contributed by atoms with Crippen LogP contribution in [0.3, 0.4) is 0 Å². The topological polar surface area (TPSA) is 54.4 Å². The first kappa shape index (κ1) is 19.9. The van der Waals surface area contributed by atoms with Gasteiger partial charge in [-0.2, -0.15) is 5.10 Å². The number of hydrogen-bond donors (Lipinski definition) is 0.